The first kappa shape index (κ1) is 12.4. The Morgan fingerprint density at radius 2 is 2.16 bits per heavy atom. The lowest BCUT2D eigenvalue weighted by atomic mass is 9.95. The van der Waals surface area contributed by atoms with Crippen molar-refractivity contribution in [2.75, 3.05) is 13.1 Å². The van der Waals surface area contributed by atoms with E-state index in [2.05, 4.69) is 15.6 Å². The number of fused-ring (bicyclic) bond motifs is 1. The number of amides is 1. The molecule has 19 heavy (non-hydrogen) atoms. The Bertz CT molecular complexity index is 544. The SMILES string of the molecule is O=C(NC1CCNC1)c1cc2c([nH]c1=O)CCCC2. The van der Waals surface area contributed by atoms with Gasteiger partial charge >= 0.3 is 0 Å². The Hall–Kier alpha value is -1.62. The number of H-pyrrole nitrogens is 1. The number of pyridine rings is 1. The second-order valence-corrected chi connectivity index (χ2v) is 5.39. The van der Waals surface area contributed by atoms with Crippen molar-refractivity contribution in [1.82, 2.24) is 15.6 Å². The molecule has 1 aliphatic carbocycles. The van der Waals surface area contributed by atoms with Gasteiger partial charge in [-0.1, -0.05) is 0 Å². The Morgan fingerprint density at radius 1 is 1.32 bits per heavy atom. The highest BCUT2D eigenvalue weighted by molar-refractivity contribution is 5.94. The number of hydrogen-bond acceptors (Lipinski definition) is 3. The molecular formula is C14H19N3O2. The molecule has 5 heteroatoms. The number of rotatable bonds is 2. The number of aryl methyl sites for hydroxylation is 2. The van der Waals surface area contributed by atoms with Crippen molar-refractivity contribution in [1.29, 1.82) is 0 Å². The summed E-state index contributed by atoms with van der Waals surface area (Å²) in [5.41, 5.74) is 2.13. The van der Waals surface area contributed by atoms with Crippen LogP contribution in [0.1, 0.15) is 40.9 Å². The van der Waals surface area contributed by atoms with Gasteiger partial charge in [-0.05, 0) is 50.3 Å². The smallest absolute Gasteiger partial charge is 0.261 e. The quantitative estimate of drug-likeness (QED) is 0.719. The molecule has 1 aliphatic heterocycles. The summed E-state index contributed by atoms with van der Waals surface area (Å²) in [5, 5.41) is 6.11. The van der Waals surface area contributed by atoms with E-state index in [-0.39, 0.29) is 23.1 Å². The molecule has 1 aromatic heterocycles. The maximum atomic E-state index is 12.1. The molecule has 1 aromatic rings. The molecule has 5 nitrogen and oxygen atoms in total. The van der Waals surface area contributed by atoms with E-state index in [9.17, 15) is 9.59 Å². The molecule has 1 amide bonds. The van der Waals surface area contributed by atoms with Crippen molar-refractivity contribution in [3.8, 4) is 0 Å². The molecule has 3 rings (SSSR count). The lowest BCUT2D eigenvalue weighted by molar-refractivity contribution is 0.0938. The molecule has 102 valence electrons. The first-order valence-electron chi connectivity index (χ1n) is 7.00. The van der Waals surface area contributed by atoms with Gasteiger partial charge in [0.05, 0.1) is 0 Å². The van der Waals surface area contributed by atoms with E-state index in [1.54, 1.807) is 6.07 Å². The summed E-state index contributed by atoms with van der Waals surface area (Å²) in [4.78, 5) is 27.0. The number of carbonyl (C=O) groups excluding carboxylic acids is 1. The van der Waals surface area contributed by atoms with Crippen LogP contribution < -0.4 is 16.2 Å². The van der Waals surface area contributed by atoms with Gasteiger partial charge in [-0.25, -0.2) is 0 Å². The predicted molar refractivity (Wildman–Crippen MR) is 72.4 cm³/mol. The van der Waals surface area contributed by atoms with Gasteiger partial charge in [0.25, 0.3) is 11.5 Å². The van der Waals surface area contributed by atoms with Gasteiger partial charge in [0.15, 0.2) is 0 Å². The van der Waals surface area contributed by atoms with Crippen molar-refractivity contribution >= 4 is 5.91 Å². The van der Waals surface area contributed by atoms with E-state index in [1.165, 1.54) is 0 Å². The first-order valence-corrected chi connectivity index (χ1v) is 7.00. The average molecular weight is 261 g/mol. The summed E-state index contributed by atoms with van der Waals surface area (Å²) in [6.07, 6.45) is 5.04. The largest absolute Gasteiger partial charge is 0.348 e. The molecule has 1 fully saturated rings. The summed E-state index contributed by atoms with van der Waals surface area (Å²) < 4.78 is 0. The van der Waals surface area contributed by atoms with Crippen molar-refractivity contribution < 1.29 is 4.79 Å². The van der Waals surface area contributed by atoms with Gasteiger partial charge < -0.3 is 15.6 Å². The predicted octanol–water partition coefficient (Wildman–Crippen LogP) is 0.345. The zero-order chi connectivity index (χ0) is 13.2. The minimum Gasteiger partial charge on any atom is -0.348 e. The maximum absolute atomic E-state index is 12.1. The van der Waals surface area contributed by atoms with Gasteiger partial charge in [-0.2, -0.15) is 0 Å². The molecule has 1 atom stereocenters. The van der Waals surface area contributed by atoms with E-state index in [1.807, 2.05) is 0 Å². The fourth-order valence-electron chi connectivity index (χ4n) is 2.88. The Balaban J connectivity index is 1.83. The van der Waals surface area contributed by atoms with Crippen LogP contribution in [0.15, 0.2) is 10.9 Å². The third-order valence-electron chi connectivity index (χ3n) is 3.98. The molecule has 0 radical (unpaired) electrons. The van der Waals surface area contributed by atoms with Crippen molar-refractivity contribution in [2.24, 2.45) is 0 Å². The highest BCUT2D eigenvalue weighted by Gasteiger charge is 2.21. The first-order chi connectivity index (χ1) is 9.24. The van der Waals surface area contributed by atoms with Crippen LogP contribution in [0.2, 0.25) is 0 Å². The number of nitrogens with one attached hydrogen (secondary N) is 3. The van der Waals surface area contributed by atoms with E-state index in [0.29, 0.717) is 0 Å². The van der Waals surface area contributed by atoms with E-state index in [4.69, 9.17) is 0 Å². The van der Waals surface area contributed by atoms with Gasteiger partial charge in [-0.3, -0.25) is 9.59 Å². The molecule has 1 unspecified atom stereocenters. The minimum atomic E-state index is -0.260. The van der Waals surface area contributed by atoms with E-state index in [0.717, 1.165) is 56.5 Å². The number of hydrogen-bond donors (Lipinski definition) is 3. The third kappa shape index (κ3) is 2.56. The van der Waals surface area contributed by atoms with Crippen LogP contribution in [-0.2, 0) is 12.8 Å². The standard InChI is InChI=1S/C14H19N3O2/c18-13(16-10-5-6-15-8-10)11-7-9-3-1-2-4-12(9)17-14(11)19/h7,10,15H,1-6,8H2,(H,16,18)(H,17,19). The van der Waals surface area contributed by atoms with Crippen LogP contribution in [0, 0.1) is 0 Å². The zero-order valence-electron chi connectivity index (χ0n) is 10.9. The number of aromatic amines is 1. The Morgan fingerprint density at radius 3 is 2.95 bits per heavy atom. The molecule has 0 bridgehead atoms. The van der Waals surface area contributed by atoms with Crippen LogP contribution in [0.4, 0.5) is 0 Å². The fraction of sp³-hybridized carbons (Fsp3) is 0.571. The molecule has 3 N–H and O–H groups in total. The monoisotopic (exact) mass is 261 g/mol. The van der Waals surface area contributed by atoms with Crippen LogP contribution in [-0.4, -0.2) is 30.0 Å². The topological polar surface area (TPSA) is 74.0 Å². The van der Waals surface area contributed by atoms with Gasteiger partial charge in [0.2, 0.25) is 0 Å². The number of aromatic nitrogens is 1. The lowest BCUT2D eigenvalue weighted by Gasteiger charge is -2.16. The molecule has 2 heterocycles. The molecule has 0 saturated carbocycles. The summed E-state index contributed by atoms with van der Waals surface area (Å²) in [6.45, 7) is 1.71. The van der Waals surface area contributed by atoms with Gasteiger partial charge in [-0.15, -0.1) is 0 Å². The maximum Gasteiger partial charge on any atom is 0.261 e. The van der Waals surface area contributed by atoms with Gasteiger partial charge in [0, 0.05) is 18.3 Å². The second kappa shape index (κ2) is 5.17. The zero-order valence-corrected chi connectivity index (χ0v) is 10.9. The van der Waals surface area contributed by atoms with Gasteiger partial charge in [0.1, 0.15) is 5.56 Å². The molecule has 0 aromatic carbocycles. The average Bonchev–Trinajstić information content (AvgIpc) is 2.90. The van der Waals surface area contributed by atoms with Crippen LogP contribution in [0.3, 0.4) is 0 Å². The summed E-state index contributed by atoms with van der Waals surface area (Å²) in [5.74, 6) is -0.247. The number of carbonyl (C=O) groups is 1. The fourth-order valence-corrected chi connectivity index (χ4v) is 2.88. The highest BCUT2D eigenvalue weighted by Crippen LogP contribution is 2.18. The molecule has 0 spiro atoms. The highest BCUT2D eigenvalue weighted by atomic mass is 16.2. The third-order valence-corrected chi connectivity index (χ3v) is 3.98. The minimum absolute atomic E-state index is 0.142. The van der Waals surface area contributed by atoms with Crippen LogP contribution >= 0.6 is 0 Å². The summed E-state index contributed by atoms with van der Waals surface area (Å²) >= 11 is 0. The van der Waals surface area contributed by atoms with Crippen molar-refractivity contribution in [2.45, 2.75) is 38.1 Å². The Labute approximate surface area is 111 Å². The van der Waals surface area contributed by atoms with Crippen molar-refractivity contribution in [3.63, 3.8) is 0 Å². The van der Waals surface area contributed by atoms with Crippen LogP contribution in [0.5, 0.6) is 0 Å². The molecular weight excluding hydrogens is 242 g/mol. The van der Waals surface area contributed by atoms with Crippen LogP contribution in [0.25, 0.3) is 0 Å². The molecule has 1 saturated heterocycles. The van der Waals surface area contributed by atoms with E-state index >= 15 is 0 Å². The second-order valence-electron chi connectivity index (χ2n) is 5.39. The summed E-state index contributed by atoms with van der Waals surface area (Å²) in [6, 6.07) is 1.92. The molecule has 2 aliphatic rings. The van der Waals surface area contributed by atoms with E-state index < -0.39 is 0 Å². The lowest BCUT2D eigenvalue weighted by Crippen LogP contribution is -2.39. The summed E-state index contributed by atoms with van der Waals surface area (Å²) in [7, 11) is 0. The normalized spacial score (nSPS) is 22.0. The Kier molecular flexibility index (Phi) is 3.38. The van der Waals surface area contributed by atoms with Crippen molar-refractivity contribution in [3.05, 3.63) is 33.2 Å².